The molecule has 0 aliphatic carbocycles. The molecule has 3 rings (SSSR count). The van der Waals surface area contributed by atoms with E-state index < -0.39 is 0 Å². The molecule has 0 bridgehead atoms. The minimum atomic E-state index is -0.0904. The molecule has 0 fully saturated rings. The van der Waals surface area contributed by atoms with Gasteiger partial charge in [-0.25, -0.2) is 0 Å². The molecule has 0 aliphatic rings. The van der Waals surface area contributed by atoms with Crippen molar-refractivity contribution in [3.63, 3.8) is 0 Å². The summed E-state index contributed by atoms with van der Waals surface area (Å²) in [5.74, 6) is -0.0904. The topological polar surface area (TPSA) is 46.9 Å². The number of hydrogen-bond donors (Lipinski definition) is 1. The van der Waals surface area contributed by atoms with Crippen LogP contribution in [0.15, 0.2) is 54.2 Å². The number of nitrogens with one attached hydrogen (secondary N) is 1. The molecule has 21 heavy (non-hydrogen) atoms. The lowest BCUT2D eigenvalue weighted by Crippen LogP contribution is -2.09. The maximum Gasteiger partial charge on any atom is 0.265 e. The monoisotopic (exact) mass is 297 g/mol. The average molecular weight is 297 g/mol. The highest BCUT2D eigenvalue weighted by molar-refractivity contribution is 7.12. The summed E-state index contributed by atoms with van der Waals surface area (Å²) in [5, 5.41) is 9.10. The first-order valence-electron chi connectivity index (χ1n) is 6.63. The lowest BCUT2D eigenvalue weighted by atomic mass is 10.2. The van der Waals surface area contributed by atoms with Crippen LogP contribution in [0, 0.1) is 6.92 Å². The summed E-state index contributed by atoms with van der Waals surface area (Å²) >= 11 is 1.45. The SMILES string of the molecule is Cc1csc(C(=O)Nc2cnn(Cc3ccccc3)c2)c1. The van der Waals surface area contributed by atoms with Crippen molar-refractivity contribution in [2.45, 2.75) is 13.5 Å². The Morgan fingerprint density at radius 1 is 1.33 bits per heavy atom. The van der Waals surface area contributed by atoms with Gasteiger partial charge in [-0.05, 0) is 29.5 Å². The Morgan fingerprint density at radius 2 is 2.14 bits per heavy atom. The van der Waals surface area contributed by atoms with Gasteiger partial charge in [0.1, 0.15) is 0 Å². The van der Waals surface area contributed by atoms with Crippen LogP contribution >= 0.6 is 11.3 Å². The summed E-state index contributed by atoms with van der Waals surface area (Å²) in [6.45, 7) is 2.67. The predicted octanol–water partition coefficient (Wildman–Crippen LogP) is 3.55. The normalized spacial score (nSPS) is 10.5. The molecule has 4 nitrogen and oxygen atoms in total. The van der Waals surface area contributed by atoms with E-state index in [9.17, 15) is 4.79 Å². The fourth-order valence-electron chi connectivity index (χ4n) is 2.03. The van der Waals surface area contributed by atoms with Gasteiger partial charge in [0, 0.05) is 6.20 Å². The van der Waals surface area contributed by atoms with Gasteiger partial charge >= 0.3 is 0 Å². The van der Waals surface area contributed by atoms with Crippen LogP contribution in [-0.2, 0) is 6.54 Å². The third-order valence-electron chi connectivity index (χ3n) is 3.03. The molecule has 2 heterocycles. The number of nitrogens with zero attached hydrogens (tertiary/aromatic N) is 2. The van der Waals surface area contributed by atoms with Crippen LogP contribution in [0.3, 0.4) is 0 Å². The molecular weight excluding hydrogens is 282 g/mol. The summed E-state index contributed by atoms with van der Waals surface area (Å²) < 4.78 is 1.81. The molecular formula is C16H15N3OS. The van der Waals surface area contributed by atoms with Crippen molar-refractivity contribution in [3.8, 4) is 0 Å². The third kappa shape index (κ3) is 3.38. The van der Waals surface area contributed by atoms with Gasteiger partial charge in [0.2, 0.25) is 0 Å². The Hall–Kier alpha value is -2.40. The van der Waals surface area contributed by atoms with Crippen molar-refractivity contribution >= 4 is 22.9 Å². The lowest BCUT2D eigenvalue weighted by Gasteiger charge is -2.01. The van der Waals surface area contributed by atoms with Crippen molar-refractivity contribution in [3.05, 3.63) is 70.2 Å². The highest BCUT2D eigenvalue weighted by Crippen LogP contribution is 2.16. The predicted molar refractivity (Wildman–Crippen MR) is 84.8 cm³/mol. The number of carbonyl (C=O) groups is 1. The number of thiophene rings is 1. The quantitative estimate of drug-likeness (QED) is 0.800. The first-order chi connectivity index (χ1) is 10.2. The largest absolute Gasteiger partial charge is 0.319 e. The zero-order valence-corrected chi connectivity index (χ0v) is 12.4. The molecule has 0 spiro atoms. The van der Waals surface area contributed by atoms with Gasteiger partial charge in [-0.15, -0.1) is 11.3 Å². The van der Waals surface area contributed by atoms with Crippen molar-refractivity contribution in [2.24, 2.45) is 0 Å². The fourth-order valence-corrected chi connectivity index (χ4v) is 2.82. The van der Waals surface area contributed by atoms with Crippen LogP contribution in [0.25, 0.3) is 0 Å². The van der Waals surface area contributed by atoms with Gasteiger partial charge in [-0.3, -0.25) is 9.48 Å². The zero-order chi connectivity index (χ0) is 14.7. The van der Waals surface area contributed by atoms with Crippen LogP contribution in [0.2, 0.25) is 0 Å². The first kappa shape index (κ1) is 13.6. The summed E-state index contributed by atoms with van der Waals surface area (Å²) in [7, 11) is 0. The van der Waals surface area contributed by atoms with E-state index in [-0.39, 0.29) is 5.91 Å². The first-order valence-corrected chi connectivity index (χ1v) is 7.51. The molecule has 0 aliphatic heterocycles. The molecule has 2 aromatic heterocycles. The van der Waals surface area contributed by atoms with Crippen molar-refractivity contribution < 1.29 is 4.79 Å². The lowest BCUT2D eigenvalue weighted by molar-refractivity contribution is 0.103. The molecule has 3 aromatic rings. The van der Waals surface area contributed by atoms with Gasteiger partial charge < -0.3 is 5.32 Å². The second kappa shape index (κ2) is 5.93. The van der Waals surface area contributed by atoms with E-state index in [1.54, 1.807) is 6.20 Å². The smallest absolute Gasteiger partial charge is 0.265 e. The standard InChI is InChI=1S/C16H15N3OS/c1-12-7-15(21-11-12)16(20)18-14-8-17-19(10-14)9-13-5-3-2-4-6-13/h2-8,10-11H,9H2,1H3,(H,18,20). The zero-order valence-electron chi connectivity index (χ0n) is 11.6. The van der Waals surface area contributed by atoms with Crippen LogP contribution in [0.4, 0.5) is 5.69 Å². The third-order valence-corrected chi connectivity index (χ3v) is 4.08. The van der Waals surface area contributed by atoms with Crippen LogP contribution in [-0.4, -0.2) is 15.7 Å². The van der Waals surface area contributed by atoms with Gasteiger partial charge in [-0.2, -0.15) is 5.10 Å². The molecule has 1 aromatic carbocycles. The number of amides is 1. The van der Waals surface area contributed by atoms with E-state index >= 15 is 0 Å². The molecule has 106 valence electrons. The van der Waals surface area contributed by atoms with E-state index in [1.807, 2.05) is 59.6 Å². The number of carbonyl (C=O) groups excluding carboxylic acids is 1. The van der Waals surface area contributed by atoms with Crippen LogP contribution in [0.5, 0.6) is 0 Å². The molecule has 5 heteroatoms. The molecule has 0 atom stereocenters. The minimum absolute atomic E-state index is 0.0904. The fraction of sp³-hybridized carbons (Fsp3) is 0.125. The maximum absolute atomic E-state index is 12.1. The molecule has 1 amide bonds. The molecule has 0 saturated heterocycles. The number of anilines is 1. The Bertz CT molecular complexity index is 746. The summed E-state index contributed by atoms with van der Waals surface area (Å²) in [5.41, 5.74) is 2.99. The molecule has 1 N–H and O–H groups in total. The Morgan fingerprint density at radius 3 is 2.86 bits per heavy atom. The number of aryl methyl sites for hydroxylation is 1. The van der Waals surface area contributed by atoms with Gasteiger partial charge in [0.05, 0.1) is 23.3 Å². The Kier molecular flexibility index (Phi) is 3.83. The molecule has 0 unspecified atom stereocenters. The Labute approximate surface area is 127 Å². The summed E-state index contributed by atoms with van der Waals surface area (Å²) in [4.78, 5) is 12.8. The number of hydrogen-bond acceptors (Lipinski definition) is 3. The minimum Gasteiger partial charge on any atom is -0.319 e. The van der Waals surface area contributed by atoms with Gasteiger partial charge in [-0.1, -0.05) is 30.3 Å². The van der Waals surface area contributed by atoms with Crippen molar-refractivity contribution in [1.29, 1.82) is 0 Å². The van der Waals surface area contributed by atoms with E-state index in [1.165, 1.54) is 16.9 Å². The summed E-state index contributed by atoms with van der Waals surface area (Å²) in [6.07, 6.45) is 3.51. The highest BCUT2D eigenvalue weighted by atomic mass is 32.1. The highest BCUT2D eigenvalue weighted by Gasteiger charge is 2.09. The van der Waals surface area contributed by atoms with Crippen molar-refractivity contribution in [1.82, 2.24) is 9.78 Å². The van der Waals surface area contributed by atoms with Gasteiger partial charge in [0.25, 0.3) is 5.91 Å². The van der Waals surface area contributed by atoms with Crippen LogP contribution in [0.1, 0.15) is 20.8 Å². The average Bonchev–Trinajstić information content (AvgIpc) is 3.09. The second-order valence-electron chi connectivity index (χ2n) is 4.85. The molecule has 0 radical (unpaired) electrons. The number of benzene rings is 1. The number of rotatable bonds is 4. The van der Waals surface area contributed by atoms with E-state index in [4.69, 9.17) is 0 Å². The van der Waals surface area contributed by atoms with Gasteiger partial charge in [0.15, 0.2) is 0 Å². The van der Waals surface area contributed by atoms with Crippen molar-refractivity contribution in [2.75, 3.05) is 5.32 Å². The van der Waals surface area contributed by atoms with E-state index in [0.717, 1.165) is 5.56 Å². The maximum atomic E-state index is 12.1. The molecule has 0 saturated carbocycles. The van der Waals surface area contributed by atoms with E-state index in [2.05, 4.69) is 10.4 Å². The Balaban J connectivity index is 1.66. The second-order valence-corrected chi connectivity index (χ2v) is 5.77. The summed E-state index contributed by atoms with van der Waals surface area (Å²) in [6, 6.07) is 12.0. The van der Waals surface area contributed by atoms with Crippen LogP contribution < -0.4 is 5.32 Å². The van der Waals surface area contributed by atoms with E-state index in [0.29, 0.717) is 17.1 Å². The number of aromatic nitrogens is 2.